The molecule has 0 unspecified atom stereocenters. The molecule has 0 aromatic carbocycles. The number of rotatable bonds is 6. The van der Waals surface area contributed by atoms with Crippen molar-refractivity contribution in [2.45, 2.75) is 40.2 Å². The van der Waals surface area contributed by atoms with Gasteiger partial charge in [-0.3, -0.25) is 4.79 Å². The van der Waals surface area contributed by atoms with Gasteiger partial charge in [-0.1, -0.05) is 6.92 Å². The van der Waals surface area contributed by atoms with Gasteiger partial charge in [0.15, 0.2) is 0 Å². The molecule has 0 N–H and O–H groups in total. The number of ketones is 1. The average molecular weight is 227 g/mol. The minimum Gasteiger partial charge on any atom is -0.381 e. The monoisotopic (exact) mass is 227 g/mol. The average Bonchev–Trinajstić information content (AvgIpc) is 2.55. The molecule has 3 heteroatoms. The van der Waals surface area contributed by atoms with Crippen molar-refractivity contribution >= 4 is 5.78 Å². The number of ether oxygens (including phenoxy) is 1. The van der Waals surface area contributed by atoms with Crippen LogP contribution in [0.2, 0.25) is 0 Å². The van der Waals surface area contributed by atoms with E-state index in [-0.39, 0.29) is 5.78 Å². The van der Waals surface area contributed by atoms with Crippen molar-refractivity contribution < 1.29 is 9.53 Å². The minimum atomic E-state index is 0.211. The van der Waals surface area contributed by atoms with Crippen LogP contribution in [0.5, 0.6) is 0 Å². The second kappa shape index (κ2) is 6.36. The number of likely N-dealkylation sites (tertiary alicyclic amines) is 1. The largest absolute Gasteiger partial charge is 0.381 e. The van der Waals surface area contributed by atoms with E-state index < -0.39 is 0 Å². The quantitative estimate of drug-likeness (QED) is 0.650. The van der Waals surface area contributed by atoms with Gasteiger partial charge in [-0.15, -0.1) is 0 Å². The van der Waals surface area contributed by atoms with Crippen LogP contribution < -0.4 is 0 Å². The topological polar surface area (TPSA) is 29.5 Å². The zero-order chi connectivity index (χ0) is 12.1. The summed E-state index contributed by atoms with van der Waals surface area (Å²) >= 11 is 0. The summed E-state index contributed by atoms with van der Waals surface area (Å²) in [6, 6.07) is 0.629. The van der Waals surface area contributed by atoms with E-state index in [2.05, 4.69) is 25.7 Å². The molecule has 1 aliphatic rings. The Kier molecular flexibility index (Phi) is 5.42. The Morgan fingerprint density at radius 1 is 1.44 bits per heavy atom. The molecule has 3 nitrogen and oxygen atoms in total. The van der Waals surface area contributed by atoms with Crippen molar-refractivity contribution in [3.8, 4) is 0 Å². The molecule has 1 fully saturated rings. The fourth-order valence-electron chi connectivity index (χ4n) is 2.16. The van der Waals surface area contributed by atoms with Crippen LogP contribution in [0.3, 0.4) is 0 Å². The normalized spacial score (nSPS) is 26.6. The summed E-state index contributed by atoms with van der Waals surface area (Å²) in [6.07, 6.45) is 0.551. The third-order valence-corrected chi connectivity index (χ3v) is 3.46. The van der Waals surface area contributed by atoms with Crippen LogP contribution in [-0.4, -0.2) is 43.0 Å². The predicted molar refractivity (Wildman–Crippen MR) is 65.5 cm³/mol. The van der Waals surface area contributed by atoms with E-state index in [9.17, 15) is 4.79 Å². The number of carbonyl (C=O) groups excluding carboxylic acids is 1. The maximum atomic E-state index is 10.8. The maximum absolute atomic E-state index is 10.8. The summed E-state index contributed by atoms with van der Waals surface area (Å²) in [5, 5.41) is 0. The molecule has 94 valence electrons. The van der Waals surface area contributed by atoms with Crippen LogP contribution in [-0.2, 0) is 9.53 Å². The van der Waals surface area contributed by atoms with Crippen molar-refractivity contribution in [2.24, 2.45) is 11.8 Å². The lowest BCUT2D eigenvalue weighted by Crippen LogP contribution is -2.29. The third-order valence-electron chi connectivity index (χ3n) is 3.46. The summed E-state index contributed by atoms with van der Waals surface area (Å²) in [6.45, 7) is 12.1. The number of Topliss-reactive ketones (excluding diaryl/α,β-unsaturated/α-hetero) is 1. The van der Waals surface area contributed by atoms with E-state index >= 15 is 0 Å². The number of nitrogens with zero attached hydrogens (tertiary/aromatic N) is 1. The molecule has 0 bridgehead atoms. The zero-order valence-corrected chi connectivity index (χ0v) is 11.0. The number of hydrogen-bond donors (Lipinski definition) is 0. The lowest BCUT2D eigenvalue weighted by molar-refractivity contribution is -0.118. The van der Waals surface area contributed by atoms with E-state index in [0.29, 0.717) is 30.9 Å². The van der Waals surface area contributed by atoms with Crippen LogP contribution >= 0.6 is 0 Å². The van der Waals surface area contributed by atoms with Gasteiger partial charge in [-0.05, 0) is 32.6 Å². The summed E-state index contributed by atoms with van der Waals surface area (Å²) in [5.74, 6) is 1.55. The molecular weight excluding hydrogens is 202 g/mol. The first-order valence-corrected chi connectivity index (χ1v) is 6.32. The van der Waals surface area contributed by atoms with E-state index in [1.807, 2.05) is 0 Å². The van der Waals surface area contributed by atoms with E-state index in [1.54, 1.807) is 6.92 Å². The molecule has 16 heavy (non-hydrogen) atoms. The zero-order valence-electron chi connectivity index (χ0n) is 11.0. The van der Waals surface area contributed by atoms with Gasteiger partial charge in [0.1, 0.15) is 5.78 Å². The molecule has 0 radical (unpaired) electrons. The van der Waals surface area contributed by atoms with Crippen LogP contribution in [0.4, 0.5) is 0 Å². The first kappa shape index (κ1) is 13.7. The molecule has 1 aliphatic heterocycles. The van der Waals surface area contributed by atoms with Gasteiger partial charge in [-0.25, -0.2) is 0 Å². The first-order chi connectivity index (χ1) is 7.50. The van der Waals surface area contributed by atoms with Gasteiger partial charge in [0, 0.05) is 25.6 Å². The summed E-state index contributed by atoms with van der Waals surface area (Å²) in [5.41, 5.74) is 0. The predicted octanol–water partition coefficient (Wildman–Crippen LogP) is 1.96. The molecule has 0 aromatic heterocycles. The van der Waals surface area contributed by atoms with E-state index in [1.165, 1.54) is 6.54 Å². The van der Waals surface area contributed by atoms with Crippen molar-refractivity contribution in [3.63, 3.8) is 0 Å². The standard InChI is InChI=1S/C13H25NO2/c1-10(2)14-7-11(3)13(8-14)9-16-6-5-12(4)15/h10-11,13H,5-9H2,1-4H3/t11-,13+/m0/s1. The Hall–Kier alpha value is -0.410. The highest BCUT2D eigenvalue weighted by Crippen LogP contribution is 2.24. The van der Waals surface area contributed by atoms with Gasteiger partial charge in [0.25, 0.3) is 0 Å². The van der Waals surface area contributed by atoms with Crippen LogP contribution in [0.15, 0.2) is 0 Å². The Labute approximate surface area is 99.1 Å². The fourth-order valence-corrected chi connectivity index (χ4v) is 2.16. The second-order valence-electron chi connectivity index (χ2n) is 5.31. The van der Waals surface area contributed by atoms with Crippen LogP contribution in [0.25, 0.3) is 0 Å². The fraction of sp³-hybridized carbons (Fsp3) is 0.923. The second-order valence-corrected chi connectivity index (χ2v) is 5.31. The number of carbonyl (C=O) groups is 1. The molecule has 1 heterocycles. The third kappa shape index (κ3) is 4.22. The van der Waals surface area contributed by atoms with Crippen LogP contribution in [0, 0.1) is 11.8 Å². The molecule has 0 aliphatic carbocycles. The lowest BCUT2D eigenvalue weighted by Gasteiger charge is -2.20. The van der Waals surface area contributed by atoms with Crippen molar-refractivity contribution in [2.75, 3.05) is 26.3 Å². The Morgan fingerprint density at radius 2 is 2.12 bits per heavy atom. The molecule has 0 amide bonds. The summed E-state index contributed by atoms with van der Waals surface area (Å²) in [4.78, 5) is 13.3. The Balaban J connectivity index is 2.20. The minimum absolute atomic E-state index is 0.211. The van der Waals surface area contributed by atoms with E-state index in [4.69, 9.17) is 4.74 Å². The van der Waals surface area contributed by atoms with E-state index in [0.717, 1.165) is 13.2 Å². The first-order valence-electron chi connectivity index (χ1n) is 6.32. The Bertz CT molecular complexity index is 228. The molecule has 1 saturated heterocycles. The maximum Gasteiger partial charge on any atom is 0.132 e. The SMILES string of the molecule is CC(=O)CCOC[C@H]1CN(C(C)C)C[C@@H]1C. The van der Waals surface area contributed by atoms with Crippen molar-refractivity contribution in [1.82, 2.24) is 4.90 Å². The molecule has 0 aromatic rings. The van der Waals surface area contributed by atoms with Crippen LogP contribution in [0.1, 0.15) is 34.1 Å². The highest BCUT2D eigenvalue weighted by molar-refractivity contribution is 5.75. The molecule has 2 atom stereocenters. The summed E-state index contributed by atoms with van der Waals surface area (Å²) < 4.78 is 5.58. The highest BCUT2D eigenvalue weighted by atomic mass is 16.5. The van der Waals surface area contributed by atoms with Gasteiger partial charge < -0.3 is 9.64 Å². The van der Waals surface area contributed by atoms with Crippen molar-refractivity contribution in [3.05, 3.63) is 0 Å². The van der Waals surface area contributed by atoms with Gasteiger partial charge in [0.2, 0.25) is 0 Å². The highest BCUT2D eigenvalue weighted by Gasteiger charge is 2.30. The number of hydrogen-bond acceptors (Lipinski definition) is 3. The summed E-state index contributed by atoms with van der Waals surface area (Å²) in [7, 11) is 0. The molecular formula is C13H25NO2. The smallest absolute Gasteiger partial charge is 0.132 e. The van der Waals surface area contributed by atoms with Gasteiger partial charge in [-0.2, -0.15) is 0 Å². The van der Waals surface area contributed by atoms with Gasteiger partial charge in [0.05, 0.1) is 13.2 Å². The Morgan fingerprint density at radius 3 is 2.62 bits per heavy atom. The molecule has 1 rings (SSSR count). The van der Waals surface area contributed by atoms with Crippen molar-refractivity contribution in [1.29, 1.82) is 0 Å². The van der Waals surface area contributed by atoms with Gasteiger partial charge >= 0.3 is 0 Å². The molecule has 0 saturated carbocycles. The molecule has 0 spiro atoms. The lowest BCUT2D eigenvalue weighted by atomic mass is 9.99.